The van der Waals surface area contributed by atoms with E-state index >= 15 is 0 Å². The van der Waals surface area contributed by atoms with Crippen molar-refractivity contribution in [3.8, 4) is 5.75 Å². The lowest BCUT2D eigenvalue weighted by atomic mass is 10.2. The van der Waals surface area contributed by atoms with E-state index in [4.69, 9.17) is 9.47 Å². The van der Waals surface area contributed by atoms with Crippen LogP contribution in [-0.4, -0.2) is 37.4 Å². The summed E-state index contributed by atoms with van der Waals surface area (Å²) >= 11 is 0. The summed E-state index contributed by atoms with van der Waals surface area (Å²) < 4.78 is 28.5. The van der Waals surface area contributed by atoms with Crippen molar-refractivity contribution in [2.45, 2.75) is 45.8 Å². The third kappa shape index (κ3) is 6.85. The molecular weight excluding hydrogens is 317 g/mol. The average Bonchev–Trinajstić information content (AvgIpc) is 2.45. The highest BCUT2D eigenvalue weighted by atomic mass is 19.1. The second kappa shape index (κ2) is 8.52. The Bertz CT molecular complexity index is 583. The molecule has 0 fully saturated rings. The minimum Gasteiger partial charge on any atom is -0.493 e. The fraction of sp³-hybridized carbons (Fsp3) is 0.529. The van der Waals surface area contributed by atoms with Gasteiger partial charge in [-0.1, -0.05) is 0 Å². The molecule has 1 aromatic rings. The second-order valence-electron chi connectivity index (χ2n) is 6.32. The number of alkyl carbamates (subject to hydrolysis) is 1. The molecule has 1 aromatic carbocycles. The molecule has 1 amide bonds. The first-order valence-electron chi connectivity index (χ1n) is 7.62. The van der Waals surface area contributed by atoms with Crippen LogP contribution in [0.5, 0.6) is 5.75 Å². The van der Waals surface area contributed by atoms with Crippen LogP contribution in [0.2, 0.25) is 0 Å². The van der Waals surface area contributed by atoms with Crippen LogP contribution in [0.15, 0.2) is 18.2 Å². The number of halogens is 1. The maximum Gasteiger partial charge on any atom is 0.407 e. The summed E-state index contributed by atoms with van der Waals surface area (Å²) in [5.41, 5.74) is -0.547. The maximum atomic E-state index is 13.2. The highest BCUT2D eigenvalue weighted by Gasteiger charge is 2.18. The van der Waals surface area contributed by atoms with Crippen molar-refractivity contribution in [2.75, 3.05) is 13.7 Å². The number of nitrogens with one attached hydrogen (secondary N) is 1. The zero-order valence-corrected chi connectivity index (χ0v) is 14.6. The van der Waals surface area contributed by atoms with Crippen LogP contribution in [-0.2, 0) is 9.47 Å². The number of esters is 1. The van der Waals surface area contributed by atoms with Crippen molar-refractivity contribution < 1.29 is 28.2 Å². The SMILES string of the molecule is COC(=O)c1cc(F)ccc1OCC[C@@H](C)NC(=O)OC(C)(C)C. The van der Waals surface area contributed by atoms with Gasteiger partial charge >= 0.3 is 12.1 Å². The highest BCUT2D eigenvalue weighted by molar-refractivity contribution is 5.92. The Morgan fingerprint density at radius 3 is 2.54 bits per heavy atom. The Hall–Kier alpha value is -2.31. The van der Waals surface area contributed by atoms with Crippen LogP contribution in [0.3, 0.4) is 0 Å². The molecule has 0 aliphatic rings. The van der Waals surface area contributed by atoms with Gasteiger partial charge < -0.3 is 19.5 Å². The number of carbonyl (C=O) groups excluding carboxylic acids is 2. The van der Waals surface area contributed by atoms with Crippen molar-refractivity contribution >= 4 is 12.1 Å². The van der Waals surface area contributed by atoms with Crippen molar-refractivity contribution in [1.29, 1.82) is 0 Å². The van der Waals surface area contributed by atoms with E-state index < -0.39 is 23.5 Å². The van der Waals surface area contributed by atoms with Crippen LogP contribution in [0.25, 0.3) is 0 Å². The molecule has 0 aromatic heterocycles. The van der Waals surface area contributed by atoms with Gasteiger partial charge in [-0.05, 0) is 45.9 Å². The van der Waals surface area contributed by atoms with Gasteiger partial charge in [0.05, 0.1) is 13.7 Å². The molecular formula is C17H24FNO5. The molecule has 0 saturated heterocycles. The molecule has 0 radical (unpaired) electrons. The molecule has 0 spiro atoms. The topological polar surface area (TPSA) is 73.9 Å². The maximum absolute atomic E-state index is 13.2. The van der Waals surface area contributed by atoms with Crippen molar-refractivity contribution in [3.63, 3.8) is 0 Å². The highest BCUT2D eigenvalue weighted by Crippen LogP contribution is 2.21. The normalized spacial score (nSPS) is 12.2. The summed E-state index contributed by atoms with van der Waals surface area (Å²) in [5.74, 6) is -1.00. The summed E-state index contributed by atoms with van der Waals surface area (Å²) in [6.45, 7) is 7.38. The number of hydrogen-bond donors (Lipinski definition) is 1. The molecule has 1 rings (SSSR count). The van der Waals surface area contributed by atoms with E-state index in [0.29, 0.717) is 6.42 Å². The number of benzene rings is 1. The molecule has 0 unspecified atom stereocenters. The minimum absolute atomic E-state index is 0.0188. The van der Waals surface area contributed by atoms with E-state index in [1.54, 1.807) is 27.7 Å². The predicted molar refractivity (Wildman–Crippen MR) is 86.7 cm³/mol. The third-order valence-corrected chi connectivity index (χ3v) is 2.92. The molecule has 0 aliphatic carbocycles. The van der Waals surface area contributed by atoms with E-state index in [2.05, 4.69) is 10.1 Å². The van der Waals surface area contributed by atoms with Crippen LogP contribution < -0.4 is 10.1 Å². The molecule has 7 heteroatoms. The van der Waals surface area contributed by atoms with Crippen LogP contribution in [0, 0.1) is 5.82 Å². The largest absolute Gasteiger partial charge is 0.493 e. The zero-order chi connectivity index (χ0) is 18.3. The first kappa shape index (κ1) is 19.7. The molecule has 1 N–H and O–H groups in total. The zero-order valence-electron chi connectivity index (χ0n) is 14.6. The van der Waals surface area contributed by atoms with E-state index in [-0.39, 0.29) is 24.0 Å². The molecule has 0 aliphatic heterocycles. The predicted octanol–water partition coefficient (Wildman–Crippen LogP) is 3.29. The monoisotopic (exact) mass is 341 g/mol. The number of carbonyl (C=O) groups is 2. The molecule has 0 heterocycles. The van der Waals surface area contributed by atoms with Crippen molar-refractivity contribution in [2.24, 2.45) is 0 Å². The summed E-state index contributed by atoms with van der Waals surface area (Å²) in [5, 5.41) is 2.69. The first-order chi connectivity index (χ1) is 11.1. The summed E-state index contributed by atoms with van der Waals surface area (Å²) in [6, 6.07) is 3.43. The molecule has 0 saturated carbocycles. The summed E-state index contributed by atoms with van der Waals surface area (Å²) in [7, 11) is 1.21. The summed E-state index contributed by atoms with van der Waals surface area (Å²) in [6.07, 6.45) is -0.0240. The second-order valence-corrected chi connectivity index (χ2v) is 6.32. The number of rotatable bonds is 6. The van der Waals surface area contributed by atoms with Gasteiger partial charge in [-0.25, -0.2) is 14.0 Å². The Balaban J connectivity index is 2.53. The van der Waals surface area contributed by atoms with E-state index in [1.165, 1.54) is 19.2 Å². The smallest absolute Gasteiger partial charge is 0.407 e. The lowest BCUT2D eigenvalue weighted by Gasteiger charge is -2.22. The quantitative estimate of drug-likeness (QED) is 0.804. The van der Waals surface area contributed by atoms with Gasteiger partial charge in [0.15, 0.2) is 0 Å². The van der Waals surface area contributed by atoms with E-state index in [0.717, 1.165) is 6.07 Å². The van der Waals surface area contributed by atoms with Crippen LogP contribution >= 0.6 is 0 Å². The lowest BCUT2D eigenvalue weighted by molar-refractivity contribution is 0.0503. The molecule has 24 heavy (non-hydrogen) atoms. The summed E-state index contributed by atoms with van der Waals surface area (Å²) in [4.78, 5) is 23.3. The number of amides is 1. The molecule has 0 bridgehead atoms. The lowest BCUT2D eigenvalue weighted by Crippen LogP contribution is -2.38. The number of hydrogen-bond acceptors (Lipinski definition) is 5. The minimum atomic E-state index is -0.676. The van der Waals surface area contributed by atoms with Gasteiger partial charge in [0, 0.05) is 12.5 Å². The molecule has 1 atom stereocenters. The first-order valence-corrected chi connectivity index (χ1v) is 7.62. The van der Waals surface area contributed by atoms with Gasteiger partial charge in [0.2, 0.25) is 0 Å². The molecule has 134 valence electrons. The Morgan fingerprint density at radius 2 is 1.96 bits per heavy atom. The fourth-order valence-electron chi connectivity index (χ4n) is 1.82. The van der Waals surface area contributed by atoms with Gasteiger partial charge in [-0.3, -0.25) is 0 Å². The van der Waals surface area contributed by atoms with Crippen molar-refractivity contribution in [1.82, 2.24) is 5.32 Å². The van der Waals surface area contributed by atoms with E-state index in [9.17, 15) is 14.0 Å². The number of ether oxygens (including phenoxy) is 3. The van der Waals surface area contributed by atoms with Crippen LogP contribution in [0.4, 0.5) is 9.18 Å². The Labute approximate surface area is 141 Å². The van der Waals surface area contributed by atoms with E-state index in [1.807, 2.05) is 0 Å². The average molecular weight is 341 g/mol. The van der Waals surface area contributed by atoms with Crippen LogP contribution in [0.1, 0.15) is 44.5 Å². The van der Waals surface area contributed by atoms with Crippen molar-refractivity contribution in [3.05, 3.63) is 29.6 Å². The molecule has 6 nitrogen and oxygen atoms in total. The van der Waals surface area contributed by atoms with Gasteiger partial charge in [0.25, 0.3) is 0 Å². The standard InChI is InChI=1S/C17H24FNO5/c1-11(19-16(21)24-17(2,3)4)8-9-23-14-7-6-12(18)10-13(14)15(20)22-5/h6-7,10-11H,8-9H2,1-5H3,(H,19,21)/t11-/m1/s1. The number of methoxy groups -OCH3 is 1. The Kier molecular flexibility index (Phi) is 7.00. The van der Waals surface area contributed by atoms with Gasteiger partial charge in [-0.15, -0.1) is 0 Å². The Morgan fingerprint density at radius 1 is 1.29 bits per heavy atom. The third-order valence-electron chi connectivity index (χ3n) is 2.92. The van der Waals surface area contributed by atoms with Gasteiger partial charge in [0.1, 0.15) is 22.7 Å². The fourth-order valence-corrected chi connectivity index (χ4v) is 1.82. The van der Waals surface area contributed by atoms with Gasteiger partial charge in [-0.2, -0.15) is 0 Å².